The van der Waals surface area contributed by atoms with Gasteiger partial charge >= 0.3 is 0 Å². The zero-order valence-electron chi connectivity index (χ0n) is 14.8. The van der Waals surface area contributed by atoms with Gasteiger partial charge in [0.25, 0.3) is 0 Å². The molecule has 120 valence electrons. The lowest BCUT2D eigenvalue weighted by Crippen LogP contribution is -2.17. The Balaban J connectivity index is 3.70. The Bertz CT molecular complexity index is 423. The summed E-state index contributed by atoms with van der Waals surface area (Å²) in [5, 5.41) is 0. The Labute approximate surface area is 131 Å². The largest absolute Gasteiger partial charge is 0.330 e. The van der Waals surface area contributed by atoms with Crippen LogP contribution in [-0.4, -0.2) is 13.1 Å². The van der Waals surface area contributed by atoms with Crippen LogP contribution in [0.25, 0.3) is 0 Å². The Morgan fingerprint density at radius 2 is 1.10 bits per heavy atom. The van der Waals surface area contributed by atoms with Gasteiger partial charge in [-0.25, -0.2) is 0 Å². The highest BCUT2D eigenvalue weighted by molar-refractivity contribution is 5.50. The predicted molar refractivity (Wildman–Crippen MR) is 94.2 cm³/mol. The molecular weight excluding hydrogens is 256 g/mol. The van der Waals surface area contributed by atoms with Crippen molar-refractivity contribution >= 4 is 0 Å². The molecular formula is C19H34N2. The third-order valence-electron chi connectivity index (χ3n) is 4.27. The molecule has 1 rings (SSSR count). The van der Waals surface area contributed by atoms with Crippen molar-refractivity contribution in [3.05, 3.63) is 33.9 Å². The average molecular weight is 290 g/mol. The molecule has 0 aliphatic carbocycles. The first kappa shape index (κ1) is 18.2. The molecule has 0 heterocycles. The quantitative estimate of drug-likeness (QED) is 0.795. The molecule has 0 saturated heterocycles. The maximum Gasteiger partial charge on any atom is -0.00365 e. The fraction of sp³-hybridized carbons (Fsp3) is 0.684. The number of nitrogens with two attached hydrogens (primary N) is 2. The standard InChI is InChI=1S/C19H34N2/c1-12(2)17-11-18(13(3)4)16(8-10-21)19(14(5)6)15(17)7-9-20/h11-14H,7-10,20-21H2,1-6H3. The first-order valence-electron chi connectivity index (χ1n) is 8.43. The van der Waals surface area contributed by atoms with Gasteiger partial charge in [-0.1, -0.05) is 47.6 Å². The van der Waals surface area contributed by atoms with E-state index in [2.05, 4.69) is 47.6 Å². The number of rotatable bonds is 7. The molecule has 0 amide bonds. The Morgan fingerprint density at radius 3 is 1.33 bits per heavy atom. The molecule has 1 aromatic rings. The molecule has 2 nitrogen and oxygen atoms in total. The number of hydrogen-bond acceptors (Lipinski definition) is 2. The van der Waals surface area contributed by atoms with Crippen LogP contribution in [0.1, 0.15) is 87.1 Å². The third-order valence-corrected chi connectivity index (χ3v) is 4.27. The van der Waals surface area contributed by atoms with Crippen LogP contribution in [-0.2, 0) is 12.8 Å². The summed E-state index contributed by atoms with van der Waals surface area (Å²) in [4.78, 5) is 0. The van der Waals surface area contributed by atoms with Gasteiger partial charge in [0.15, 0.2) is 0 Å². The lowest BCUT2D eigenvalue weighted by atomic mass is 9.78. The number of hydrogen-bond donors (Lipinski definition) is 2. The SMILES string of the molecule is CC(C)c1cc(C(C)C)c(CCN)c(C(C)C)c1CCN. The van der Waals surface area contributed by atoms with Gasteiger partial charge in [-0.05, 0) is 71.5 Å². The van der Waals surface area contributed by atoms with Crippen LogP contribution in [0.15, 0.2) is 6.07 Å². The highest BCUT2D eigenvalue weighted by atomic mass is 14.5. The average Bonchev–Trinajstić information content (AvgIpc) is 2.38. The van der Waals surface area contributed by atoms with Crippen molar-refractivity contribution in [2.24, 2.45) is 11.5 Å². The van der Waals surface area contributed by atoms with Gasteiger partial charge in [0.1, 0.15) is 0 Å². The Hall–Kier alpha value is -0.860. The summed E-state index contributed by atoms with van der Waals surface area (Å²) < 4.78 is 0. The van der Waals surface area contributed by atoms with Gasteiger partial charge in [0, 0.05) is 0 Å². The molecule has 0 bridgehead atoms. The van der Waals surface area contributed by atoms with E-state index in [1.54, 1.807) is 0 Å². The molecule has 0 aromatic heterocycles. The van der Waals surface area contributed by atoms with Crippen molar-refractivity contribution in [2.45, 2.75) is 72.1 Å². The summed E-state index contributed by atoms with van der Waals surface area (Å²) in [5.41, 5.74) is 19.2. The maximum absolute atomic E-state index is 5.90. The Morgan fingerprint density at radius 1 is 0.714 bits per heavy atom. The second-order valence-corrected chi connectivity index (χ2v) is 6.97. The van der Waals surface area contributed by atoms with E-state index in [9.17, 15) is 0 Å². The van der Waals surface area contributed by atoms with Gasteiger partial charge < -0.3 is 11.5 Å². The van der Waals surface area contributed by atoms with Crippen LogP contribution in [0.4, 0.5) is 0 Å². The summed E-state index contributed by atoms with van der Waals surface area (Å²) in [7, 11) is 0. The van der Waals surface area contributed by atoms with E-state index in [1.165, 1.54) is 27.8 Å². The van der Waals surface area contributed by atoms with E-state index in [0.717, 1.165) is 12.8 Å². The monoisotopic (exact) mass is 290 g/mol. The summed E-state index contributed by atoms with van der Waals surface area (Å²) >= 11 is 0. The van der Waals surface area contributed by atoms with Crippen LogP contribution in [0.5, 0.6) is 0 Å². The van der Waals surface area contributed by atoms with Crippen molar-refractivity contribution in [1.82, 2.24) is 0 Å². The second-order valence-electron chi connectivity index (χ2n) is 6.97. The minimum Gasteiger partial charge on any atom is -0.330 e. The van der Waals surface area contributed by atoms with Gasteiger partial charge in [0.2, 0.25) is 0 Å². The van der Waals surface area contributed by atoms with Crippen molar-refractivity contribution < 1.29 is 0 Å². The highest BCUT2D eigenvalue weighted by Gasteiger charge is 2.21. The molecule has 2 heteroatoms. The van der Waals surface area contributed by atoms with E-state index < -0.39 is 0 Å². The molecule has 0 fully saturated rings. The van der Waals surface area contributed by atoms with Crippen LogP contribution in [0.3, 0.4) is 0 Å². The third kappa shape index (κ3) is 4.08. The summed E-state index contributed by atoms with van der Waals surface area (Å²) in [6.45, 7) is 15.1. The molecule has 0 spiro atoms. The van der Waals surface area contributed by atoms with Crippen molar-refractivity contribution in [1.29, 1.82) is 0 Å². The van der Waals surface area contributed by atoms with Gasteiger partial charge in [-0.2, -0.15) is 0 Å². The molecule has 1 aromatic carbocycles. The molecule has 0 aliphatic rings. The van der Waals surface area contributed by atoms with Gasteiger partial charge in [0.05, 0.1) is 0 Å². The van der Waals surface area contributed by atoms with Crippen molar-refractivity contribution in [3.63, 3.8) is 0 Å². The number of benzene rings is 1. The van der Waals surface area contributed by atoms with Crippen LogP contribution >= 0.6 is 0 Å². The first-order valence-corrected chi connectivity index (χ1v) is 8.43. The Kier molecular flexibility index (Phi) is 6.89. The highest BCUT2D eigenvalue weighted by Crippen LogP contribution is 2.36. The molecule has 0 atom stereocenters. The molecule has 4 N–H and O–H groups in total. The van der Waals surface area contributed by atoms with E-state index in [4.69, 9.17) is 11.5 Å². The van der Waals surface area contributed by atoms with Crippen molar-refractivity contribution in [2.75, 3.05) is 13.1 Å². The van der Waals surface area contributed by atoms with Crippen LogP contribution < -0.4 is 11.5 Å². The normalized spacial score (nSPS) is 12.0. The maximum atomic E-state index is 5.90. The van der Waals surface area contributed by atoms with Gasteiger partial charge in [-0.3, -0.25) is 0 Å². The van der Waals surface area contributed by atoms with Crippen LogP contribution in [0, 0.1) is 0 Å². The summed E-state index contributed by atoms with van der Waals surface area (Å²) in [6.07, 6.45) is 1.94. The minimum atomic E-state index is 0.518. The molecule has 21 heavy (non-hydrogen) atoms. The van der Waals surface area contributed by atoms with E-state index in [-0.39, 0.29) is 0 Å². The minimum absolute atomic E-state index is 0.518. The van der Waals surface area contributed by atoms with E-state index >= 15 is 0 Å². The summed E-state index contributed by atoms with van der Waals surface area (Å²) in [6, 6.07) is 2.43. The lowest BCUT2D eigenvalue weighted by molar-refractivity contribution is 0.742. The second kappa shape index (κ2) is 7.95. The predicted octanol–water partition coefficient (Wildman–Crippen LogP) is 4.06. The molecule has 0 unspecified atom stereocenters. The van der Waals surface area contributed by atoms with Crippen LogP contribution in [0.2, 0.25) is 0 Å². The molecule has 0 aliphatic heterocycles. The topological polar surface area (TPSA) is 52.0 Å². The fourth-order valence-corrected chi connectivity index (χ4v) is 3.41. The fourth-order valence-electron chi connectivity index (χ4n) is 3.41. The molecule has 0 saturated carbocycles. The van der Waals surface area contributed by atoms with Gasteiger partial charge in [-0.15, -0.1) is 0 Å². The molecule has 0 radical (unpaired) electrons. The zero-order chi connectivity index (χ0) is 16.2. The smallest absolute Gasteiger partial charge is 0.00365 e. The van der Waals surface area contributed by atoms with E-state index in [0.29, 0.717) is 30.8 Å². The van der Waals surface area contributed by atoms with E-state index in [1.807, 2.05) is 0 Å². The lowest BCUT2D eigenvalue weighted by Gasteiger charge is -2.27. The zero-order valence-corrected chi connectivity index (χ0v) is 14.8. The summed E-state index contributed by atoms with van der Waals surface area (Å²) in [5.74, 6) is 1.59. The first-order chi connectivity index (χ1) is 9.84. The van der Waals surface area contributed by atoms with Crippen molar-refractivity contribution in [3.8, 4) is 0 Å².